The van der Waals surface area contributed by atoms with Crippen molar-refractivity contribution in [1.29, 1.82) is 0 Å². The molecule has 2 rings (SSSR count). The Morgan fingerprint density at radius 2 is 2.21 bits per heavy atom. The second-order valence-corrected chi connectivity index (χ2v) is 3.94. The summed E-state index contributed by atoms with van der Waals surface area (Å²) in [5, 5.41) is 3.35. The predicted molar refractivity (Wildman–Crippen MR) is 54.2 cm³/mol. The minimum atomic E-state index is -0.172. The van der Waals surface area contributed by atoms with Crippen molar-refractivity contribution in [2.45, 2.75) is 31.5 Å². The third kappa shape index (κ3) is 2.30. The predicted octanol–water partition coefficient (Wildman–Crippen LogP) is 1.41. The van der Waals surface area contributed by atoms with Crippen LogP contribution in [0.5, 0.6) is 0 Å². The summed E-state index contributed by atoms with van der Waals surface area (Å²) >= 11 is 0. The molecular formula is C11H15FN2. The summed E-state index contributed by atoms with van der Waals surface area (Å²) in [4.78, 5) is 0. The third-order valence-corrected chi connectivity index (χ3v) is 2.66. The quantitative estimate of drug-likeness (QED) is 0.763. The van der Waals surface area contributed by atoms with E-state index >= 15 is 0 Å². The van der Waals surface area contributed by atoms with Crippen LogP contribution in [0.1, 0.15) is 18.4 Å². The van der Waals surface area contributed by atoms with Crippen LogP contribution < -0.4 is 11.1 Å². The van der Waals surface area contributed by atoms with Gasteiger partial charge in [-0.05, 0) is 30.5 Å². The Bertz CT molecular complexity index is 308. The molecule has 2 nitrogen and oxygen atoms in total. The highest BCUT2D eigenvalue weighted by Crippen LogP contribution is 2.17. The van der Waals surface area contributed by atoms with Gasteiger partial charge in [0.15, 0.2) is 0 Å². The van der Waals surface area contributed by atoms with E-state index in [9.17, 15) is 4.39 Å². The third-order valence-electron chi connectivity index (χ3n) is 2.66. The average molecular weight is 194 g/mol. The molecule has 3 heteroatoms. The van der Waals surface area contributed by atoms with Crippen LogP contribution in [0.25, 0.3) is 0 Å². The van der Waals surface area contributed by atoms with Gasteiger partial charge in [-0.25, -0.2) is 4.39 Å². The van der Waals surface area contributed by atoms with E-state index in [1.807, 2.05) is 6.07 Å². The first-order chi connectivity index (χ1) is 6.74. The van der Waals surface area contributed by atoms with Gasteiger partial charge < -0.3 is 11.1 Å². The van der Waals surface area contributed by atoms with E-state index in [0.29, 0.717) is 12.1 Å². The summed E-state index contributed by atoms with van der Waals surface area (Å²) < 4.78 is 12.8. The second-order valence-electron chi connectivity index (χ2n) is 3.94. The summed E-state index contributed by atoms with van der Waals surface area (Å²) in [5.41, 5.74) is 6.65. The van der Waals surface area contributed by atoms with Crippen LogP contribution in [0.2, 0.25) is 0 Å². The van der Waals surface area contributed by atoms with Gasteiger partial charge in [-0.2, -0.15) is 0 Å². The summed E-state index contributed by atoms with van der Waals surface area (Å²) in [6, 6.07) is 7.57. The Labute approximate surface area is 83.3 Å². The molecule has 0 radical (unpaired) electrons. The largest absolute Gasteiger partial charge is 0.328 e. The van der Waals surface area contributed by atoms with Crippen molar-refractivity contribution in [3.05, 3.63) is 35.6 Å². The first-order valence-electron chi connectivity index (χ1n) is 4.97. The van der Waals surface area contributed by atoms with Crippen molar-refractivity contribution in [3.8, 4) is 0 Å². The first-order valence-corrected chi connectivity index (χ1v) is 4.97. The average Bonchev–Trinajstić information content (AvgIpc) is 2.11. The van der Waals surface area contributed by atoms with Crippen molar-refractivity contribution in [3.63, 3.8) is 0 Å². The molecule has 0 bridgehead atoms. The van der Waals surface area contributed by atoms with Crippen LogP contribution in [0, 0.1) is 5.82 Å². The molecule has 0 spiro atoms. The van der Waals surface area contributed by atoms with Gasteiger partial charge in [-0.1, -0.05) is 12.1 Å². The molecule has 1 saturated carbocycles. The highest BCUT2D eigenvalue weighted by molar-refractivity contribution is 5.16. The Balaban J connectivity index is 1.80. The van der Waals surface area contributed by atoms with Crippen LogP contribution >= 0.6 is 0 Å². The van der Waals surface area contributed by atoms with Crippen molar-refractivity contribution in [2.24, 2.45) is 5.73 Å². The van der Waals surface area contributed by atoms with Gasteiger partial charge >= 0.3 is 0 Å². The number of halogens is 1. The normalized spacial score (nSPS) is 25.9. The highest BCUT2D eigenvalue weighted by atomic mass is 19.1. The Kier molecular flexibility index (Phi) is 2.79. The van der Waals surface area contributed by atoms with Crippen LogP contribution in [0.3, 0.4) is 0 Å². The van der Waals surface area contributed by atoms with Gasteiger partial charge in [0, 0.05) is 18.6 Å². The second kappa shape index (κ2) is 4.07. The Morgan fingerprint density at radius 1 is 1.43 bits per heavy atom. The van der Waals surface area contributed by atoms with Crippen molar-refractivity contribution < 1.29 is 4.39 Å². The molecule has 0 aliphatic heterocycles. The van der Waals surface area contributed by atoms with Crippen molar-refractivity contribution in [1.82, 2.24) is 5.32 Å². The zero-order chi connectivity index (χ0) is 9.97. The van der Waals surface area contributed by atoms with Crippen LogP contribution in [0.15, 0.2) is 24.3 Å². The van der Waals surface area contributed by atoms with E-state index in [2.05, 4.69) is 5.32 Å². The van der Waals surface area contributed by atoms with Gasteiger partial charge in [-0.15, -0.1) is 0 Å². The van der Waals surface area contributed by atoms with Crippen LogP contribution in [-0.4, -0.2) is 12.1 Å². The number of nitrogens with one attached hydrogen (secondary N) is 1. The van der Waals surface area contributed by atoms with Gasteiger partial charge in [0.1, 0.15) is 5.82 Å². The summed E-state index contributed by atoms with van der Waals surface area (Å²) in [6.45, 7) is 0.731. The fraction of sp³-hybridized carbons (Fsp3) is 0.455. The minimum Gasteiger partial charge on any atom is -0.328 e. The van der Waals surface area contributed by atoms with Gasteiger partial charge in [0.25, 0.3) is 0 Å². The maximum absolute atomic E-state index is 12.8. The molecule has 0 atom stereocenters. The zero-order valence-electron chi connectivity index (χ0n) is 8.04. The van der Waals surface area contributed by atoms with Gasteiger partial charge in [0.05, 0.1) is 0 Å². The molecule has 3 N–H and O–H groups in total. The molecule has 1 aliphatic rings. The lowest BCUT2D eigenvalue weighted by Gasteiger charge is -2.33. The minimum absolute atomic E-state index is 0.172. The fourth-order valence-corrected chi connectivity index (χ4v) is 1.74. The van der Waals surface area contributed by atoms with Gasteiger partial charge in [0.2, 0.25) is 0 Å². The molecule has 76 valence electrons. The molecule has 1 aliphatic carbocycles. The zero-order valence-corrected chi connectivity index (χ0v) is 8.04. The number of hydrogen-bond donors (Lipinski definition) is 2. The molecule has 0 amide bonds. The van der Waals surface area contributed by atoms with Crippen LogP contribution in [0.4, 0.5) is 4.39 Å². The maximum Gasteiger partial charge on any atom is 0.123 e. The highest BCUT2D eigenvalue weighted by Gasteiger charge is 2.24. The molecule has 1 aromatic carbocycles. The van der Waals surface area contributed by atoms with Crippen LogP contribution in [-0.2, 0) is 6.54 Å². The number of benzene rings is 1. The molecular weight excluding hydrogens is 179 g/mol. The fourth-order valence-electron chi connectivity index (χ4n) is 1.74. The molecule has 0 unspecified atom stereocenters. The maximum atomic E-state index is 12.8. The lowest BCUT2D eigenvalue weighted by Crippen LogP contribution is -2.48. The Hall–Kier alpha value is -0.930. The van der Waals surface area contributed by atoms with Crippen molar-refractivity contribution in [2.75, 3.05) is 0 Å². The van der Waals surface area contributed by atoms with E-state index in [1.54, 1.807) is 12.1 Å². The van der Waals surface area contributed by atoms with Crippen molar-refractivity contribution >= 4 is 0 Å². The van der Waals surface area contributed by atoms with Gasteiger partial charge in [-0.3, -0.25) is 0 Å². The number of hydrogen-bond acceptors (Lipinski definition) is 2. The summed E-state index contributed by atoms with van der Waals surface area (Å²) in [6.07, 6.45) is 2.07. The van der Waals surface area contributed by atoms with E-state index in [-0.39, 0.29) is 5.82 Å². The first kappa shape index (κ1) is 9.62. The smallest absolute Gasteiger partial charge is 0.123 e. The van der Waals surface area contributed by atoms with E-state index in [4.69, 9.17) is 5.73 Å². The standard InChI is InChI=1S/C11H15FN2/c12-9-3-1-2-8(4-9)7-14-11-5-10(13)6-11/h1-4,10-11,14H,5-7,13H2. The summed E-state index contributed by atoms with van der Waals surface area (Å²) in [7, 11) is 0. The SMILES string of the molecule is NC1CC(NCc2cccc(F)c2)C1. The summed E-state index contributed by atoms with van der Waals surface area (Å²) in [5.74, 6) is -0.172. The molecule has 0 heterocycles. The topological polar surface area (TPSA) is 38.0 Å². The molecule has 1 fully saturated rings. The van der Waals surface area contributed by atoms with E-state index in [1.165, 1.54) is 6.07 Å². The monoisotopic (exact) mass is 194 g/mol. The molecule has 14 heavy (non-hydrogen) atoms. The van der Waals surface area contributed by atoms with E-state index in [0.717, 1.165) is 24.9 Å². The lowest BCUT2D eigenvalue weighted by molar-refractivity contribution is 0.290. The molecule has 1 aromatic rings. The Morgan fingerprint density at radius 3 is 2.86 bits per heavy atom. The molecule has 0 aromatic heterocycles. The number of nitrogens with two attached hydrogens (primary N) is 1. The lowest BCUT2D eigenvalue weighted by atomic mass is 9.87. The number of rotatable bonds is 3. The van der Waals surface area contributed by atoms with E-state index < -0.39 is 0 Å². The molecule has 0 saturated heterocycles.